The van der Waals surface area contributed by atoms with Gasteiger partial charge in [-0.3, -0.25) is 9.59 Å². The van der Waals surface area contributed by atoms with Gasteiger partial charge in [0.2, 0.25) is 0 Å². The summed E-state index contributed by atoms with van der Waals surface area (Å²) in [5.41, 5.74) is 9.43. The number of halogens is 2. The quantitative estimate of drug-likeness (QED) is 0.0313. The Morgan fingerprint density at radius 3 is 1.04 bits per heavy atom. The van der Waals surface area contributed by atoms with E-state index in [9.17, 15) is 58.6 Å². The normalized spacial score (nSPS) is 12.4. The number of carboxylic acids is 2. The first-order valence-corrected chi connectivity index (χ1v) is 27.3. The molecule has 436 valence electrons. The van der Waals surface area contributed by atoms with Gasteiger partial charge in [0.15, 0.2) is 0 Å². The van der Waals surface area contributed by atoms with Crippen molar-refractivity contribution < 1.29 is 64.1 Å². The van der Waals surface area contributed by atoms with Crippen LogP contribution in [0.2, 0.25) is 0 Å². The molecular weight excluding hydrogens is 1100 g/mol. The molecule has 84 heavy (non-hydrogen) atoms. The van der Waals surface area contributed by atoms with Gasteiger partial charge in [-0.05, 0) is 133 Å². The summed E-state index contributed by atoms with van der Waals surface area (Å²) < 4.78 is 32.0. The van der Waals surface area contributed by atoms with Crippen LogP contribution in [0.15, 0.2) is 170 Å². The van der Waals surface area contributed by atoms with Crippen molar-refractivity contribution in [1.82, 2.24) is 9.13 Å². The average Bonchev–Trinajstić information content (AvgIpc) is 2.49. The van der Waals surface area contributed by atoms with E-state index in [1.165, 1.54) is 24.3 Å². The summed E-state index contributed by atoms with van der Waals surface area (Å²) in [6.45, 7) is 8.45. The largest absolute Gasteiger partial charge is 2.00 e. The zero-order valence-corrected chi connectivity index (χ0v) is 49.6. The first kappa shape index (κ1) is 67.5. The Hall–Kier alpha value is -7.32. The third-order valence-corrected chi connectivity index (χ3v) is 13.8. The standard InChI is InChI=1S/2C33H35FN2O5.Ca.H2O/c2*1-21(2)31-30(33(41)35-25-11-7-4-8-12-25)29(22-9-5-3-6-10-22)32(23-13-15-24(34)16-14-23)36(31)18-17-26(37)19-27(38)20-28(39)40;;/h2*3-16,21,26-27,37-38H,17-20H2,1-2H3,(H,35,41)(H,39,40);;1H2/q;;+2;/p-2. The molecule has 0 fully saturated rings. The van der Waals surface area contributed by atoms with Gasteiger partial charge in [0.05, 0.1) is 46.9 Å². The summed E-state index contributed by atoms with van der Waals surface area (Å²) in [5.74, 6) is -4.41. The van der Waals surface area contributed by atoms with Crippen molar-refractivity contribution in [2.45, 2.75) is 116 Å². The maximum absolute atomic E-state index is 14.0. The number of rotatable bonds is 24. The smallest absolute Gasteiger partial charge is 0.550 e. The van der Waals surface area contributed by atoms with Crippen LogP contribution in [0.3, 0.4) is 0 Å². The molecule has 0 spiro atoms. The number of nitrogens with one attached hydrogen (secondary N) is 2. The molecule has 0 radical (unpaired) electrons. The number of benzene rings is 6. The molecule has 8 aromatic rings. The third kappa shape index (κ3) is 17.9. The molecule has 0 aliphatic rings. The van der Waals surface area contributed by atoms with Crippen LogP contribution in [-0.4, -0.2) is 121 Å². The minimum absolute atomic E-state index is 0. The van der Waals surface area contributed by atoms with Crippen LogP contribution < -0.4 is 20.8 Å². The second kappa shape index (κ2) is 32.1. The summed E-state index contributed by atoms with van der Waals surface area (Å²) in [5, 5.41) is 69.2. The number of aliphatic hydroxyl groups is 4. The number of amides is 2. The van der Waals surface area contributed by atoms with Gasteiger partial charge in [-0.1, -0.05) is 125 Å². The van der Waals surface area contributed by atoms with E-state index in [1.54, 1.807) is 48.5 Å². The van der Waals surface area contributed by atoms with E-state index in [4.69, 9.17) is 0 Å². The van der Waals surface area contributed by atoms with Crippen LogP contribution >= 0.6 is 0 Å². The number of aromatic nitrogens is 2. The Labute approximate surface area is 517 Å². The summed E-state index contributed by atoms with van der Waals surface area (Å²) in [6.07, 6.45) is -5.54. The number of aliphatic carboxylic acids is 2. The van der Waals surface area contributed by atoms with Crippen molar-refractivity contribution in [2.75, 3.05) is 10.6 Å². The van der Waals surface area contributed by atoms with Crippen molar-refractivity contribution in [2.24, 2.45) is 0 Å². The number of hydrogen-bond donors (Lipinski definition) is 6. The molecule has 0 saturated carbocycles. The number of carboxylic acid groups (broad SMARTS) is 2. The molecule has 2 amide bonds. The molecule has 8 rings (SSSR count). The van der Waals surface area contributed by atoms with Gasteiger partial charge < -0.3 is 65.5 Å². The predicted octanol–water partition coefficient (Wildman–Crippen LogP) is 8.75. The fraction of sp³-hybridized carbons (Fsp3) is 0.273. The molecule has 2 aromatic heterocycles. The van der Waals surface area contributed by atoms with E-state index in [-0.39, 0.29) is 106 Å². The summed E-state index contributed by atoms with van der Waals surface area (Å²) in [7, 11) is 0. The van der Waals surface area contributed by atoms with Crippen molar-refractivity contribution in [3.8, 4) is 44.8 Å². The van der Waals surface area contributed by atoms with E-state index < -0.39 is 60.8 Å². The second-order valence-corrected chi connectivity index (χ2v) is 20.8. The molecule has 18 heteroatoms. The molecule has 2 heterocycles. The van der Waals surface area contributed by atoms with E-state index in [0.29, 0.717) is 56.1 Å². The average molecular weight is 1170 g/mol. The van der Waals surface area contributed by atoms with Crippen molar-refractivity contribution in [1.29, 1.82) is 0 Å². The zero-order chi connectivity index (χ0) is 59.0. The molecular formula is C66H70CaF2N4O11. The SMILES string of the molecule is CC(C)c1c(C(=O)Nc2ccccc2)c(-c2ccccc2)c(-c2ccc(F)cc2)n1CCC(O)CC(O)CC(=O)[O-].CC(C)c1c(C(=O)Nc2ccccc2)c(-c2ccccc2)c(-c2ccc(F)cc2)n1CCC(O)CC(O)CC(=O)[O-].O.[Ca+2]. The van der Waals surface area contributed by atoms with Gasteiger partial charge in [0, 0.05) is 71.8 Å². The molecule has 0 aliphatic heterocycles. The van der Waals surface area contributed by atoms with E-state index in [0.717, 1.165) is 22.5 Å². The number of aliphatic hydroxyl groups excluding tert-OH is 4. The van der Waals surface area contributed by atoms with Gasteiger partial charge in [-0.25, -0.2) is 8.78 Å². The van der Waals surface area contributed by atoms with E-state index in [1.807, 2.05) is 134 Å². The number of carbonyl (C=O) groups excluding carboxylic acids is 4. The molecule has 0 saturated heterocycles. The Morgan fingerprint density at radius 1 is 0.452 bits per heavy atom. The first-order chi connectivity index (χ1) is 39.3. The summed E-state index contributed by atoms with van der Waals surface area (Å²) in [4.78, 5) is 49.8. The van der Waals surface area contributed by atoms with E-state index >= 15 is 0 Å². The van der Waals surface area contributed by atoms with E-state index in [2.05, 4.69) is 10.6 Å². The molecule has 0 bridgehead atoms. The minimum atomic E-state index is -1.39. The third-order valence-electron chi connectivity index (χ3n) is 13.8. The molecule has 15 nitrogen and oxygen atoms in total. The van der Waals surface area contributed by atoms with Gasteiger partial charge in [-0.2, -0.15) is 0 Å². The summed E-state index contributed by atoms with van der Waals surface area (Å²) >= 11 is 0. The Bertz CT molecular complexity index is 3170. The zero-order valence-electron chi connectivity index (χ0n) is 47.4. The Kier molecular flexibility index (Phi) is 25.8. The van der Waals surface area contributed by atoms with Crippen LogP contribution in [0, 0.1) is 11.6 Å². The molecule has 6 aromatic carbocycles. The number of anilines is 2. The maximum atomic E-state index is 14.0. The van der Waals surface area contributed by atoms with Gasteiger partial charge in [-0.15, -0.1) is 0 Å². The fourth-order valence-electron chi connectivity index (χ4n) is 10.4. The van der Waals surface area contributed by atoms with Gasteiger partial charge in [0.25, 0.3) is 11.8 Å². The molecule has 4 unspecified atom stereocenters. The number of carbonyl (C=O) groups is 4. The van der Waals surface area contributed by atoms with Crippen molar-refractivity contribution in [3.05, 3.63) is 204 Å². The fourth-order valence-corrected chi connectivity index (χ4v) is 10.4. The van der Waals surface area contributed by atoms with Crippen LogP contribution in [0.25, 0.3) is 44.8 Å². The van der Waals surface area contributed by atoms with Gasteiger partial charge >= 0.3 is 37.7 Å². The Balaban J connectivity index is 0.000000300. The molecule has 8 N–H and O–H groups in total. The minimum Gasteiger partial charge on any atom is -0.550 e. The maximum Gasteiger partial charge on any atom is 2.00 e. The number of nitrogens with zero attached hydrogens (tertiary/aromatic N) is 2. The van der Waals surface area contributed by atoms with Crippen LogP contribution in [0.1, 0.15) is 110 Å². The van der Waals surface area contributed by atoms with Crippen LogP contribution in [-0.2, 0) is 22.7 Å². The molecule has 0 aliphatic carbocycles. The van der Waals surface area contributed by atoms with Crippen LogP contribution in [0.4, 0.5) is 20.2 Å². The van der Waals surface area contributed by atoms with Crippen molar-refractivity contribution in [3.63, 3.8) is 0 Å². The molecule has 4 atom stereocenters. The Morgan fingerprint density at radius 2 is 0.750 bits per heavy atom. The predicted molar refractivity (Wildman–Crippen MR) is 319 cm³/mol. The summed E-state index contributed by atoms with van der Waals surface area (Å²) in [6, 6.07) is 49.4. The number of para-hydroxylation sites is 2. The monoisotopic (exact) mass is 1170 g/mol. The first-order valence-electron chi connectivity index (χ1n) is 27.3. The van der Waals surface area contributed by atoms with Crippen LogP contribution in [0.5, 0.6) is 0 Å². The second-order valence-electron chi connectivity index (χ2n) is 20.8. The topological polar surface area (TPSA) is 261 Å². The van der Waals surface area contributed by atoms with Gasteiger partial charge in [0.1, 0.15) is 11.6 Å². The van der Waals surface area contributed by atoms with Crippen molar-refractivity contribution >= 4 is 72.9 Å². The number of hydrogen-bond acceptors (Lipinski definition) is 10.